The van der Waals surface area contributed by atoms with Gasteiger partial charge in [0.15, 0.2) is 11.5 Å². The second-order valence-electron chi connectivity index (χ2n) is 3.66. The third-order valence-electron chi connectivity index (χ3n) is 2.40. The molecule has 0 radical (unpaired) electrons. The predicted molar refractivity (Wildman–Crippen MR) is 73.3 cm³/mol. The van der Waals surface area contributed by atoms with Crippen LogP contribution in [-0.4, -0.2) is 30.1 Å². The first-order valence-electron chi connectivity index (χ1n) is 5.55. The topological polar surface area (TPSA) is 47.6 Å². The average molecular weight is 347 g/mol. The second kappa shape index (κ2) is 6.09. The van der Waals surface area contributed by atoms with Crippen LogP contribution in [0.15, 0.2) is 18.2 Å². The molecule has 1 aromatic carbocycles. The fourth-order valence-corrected chi connectivity index (χ4v) is 1.94. The number of carbonyl (C=O) groups excluding carboxylic acids is 1. The van der Waals surface area contributed by atoms with Gasteiger partial charge in [0.2, 0.25) is 0 Å². The molecule has 1 aromatic rings. The summed E-state index contributed by atoms with van der Waals surface area (Å²) in [7, 11) is 0. The van der Waals surface area contributed by atoms with Crippen molar-refractivity contribution in [3.8, 4) is 11.5 Å². The number of fused-ring (bicyclic) bond motifs is 1. The van der Waals surface area contributed by atoms with Crippen LogP contribution in [0, 0.1) is 0 Å². The Balaban J connectivity index is 2.03. The molecule has 0 aromatic heterocycles. The molecule has 0 saturated heterocycles. The van der Waals surface area contributed by atoms with Crippen LogP contribution in [0.5, 0.6) is 11.5 Å². The number of halogens is 1. The van der Waals surface area contributed by atoms with Crippen LogP contribution < -0.4 is 14.8 Å². The van der Waals surface area contributed by atoms with E-state index in [4.69, 9.17) is 9.47 Å². The standard InChI is InChI=1S/C12H14INO3/c13-4-1-5-14-12(15)9-2-3-10-11(8-9)17-7-6-16-10/h2-3,8H,1,4-7H2,(H,14,15). The number of ether oxygens (including phenoxy) is 2. The van der Waals surface area contributed by atoms with E-state index in [1.54, 1.807) is 18.2 Å². The number of rotatable bonds is 4. The molecule has 17 heavy (non-hydrogen) atoms. The van der Waals surface area contributed by atoms with Crippen molar-refractivity contribution in [2.45, 2.75) is 6.42 Å². The van der Waals surface area contributed by atoms with Crippen LogP contribution >= 0.6 is 22.6 Å². The SMILES string of the molecule is O=C(NCCCI)c1ccc2c(c1)OCCO2. The van der Waals surface area contributed by atoms with Gasteiger partial charge in [-0.05, 0) is 24.6 Å². The zero-order chi connectivity index (χ0) is 12.1. The molecule has 1 aliphatic heterocycles. The molecule has 5 heteroatoms. The highest BCUT2D eigenvalue weighted by molar-refractivity contribution is 14.1. The molecule has 4 nitrogen and oxygen atoms in total. The number of alkyl halides is 1. The number of carbonyl (C=O) groups is 1. The number of nitrogens with one attached hydrogen (secondary N) is 1. The number of benzene rings is 1. The van der Waals surface area contributed by atoms with Gasteiger partial charge in [0.1, 0.15) is 13.2 Å². The van der Waals surface area contributed by atoms with Crippen molar-refractivity contribution in [1.29, 1.82) is 0 Å². The molecule has 0 saturated carbocycles. The van der Waals surface area contributed by atoms with Crippen molar-refractivity contribution in [3.63, 3.8) is 0 Å². The fourth-order valence-electron chi connectivity index (χ4n) is 1.56. The summed E-state index contributed by atoms with van der Waals surface area (Å²) in [4.78, 5) is 11.8. The van der Waals surface area contributed by atoms with Crippen molar-refractivity contribution < 1.29 is 14.3 Å². The maximum absolute atomic E-state index is 11.8. The molecule has 0 spiro atoms. The molecule has 1 N–H and O–H groups in total. The van der Waals surface area contributed by atoms with Crippen LogP contribution in [-0.2, 0) is 0 Å². The van der Waals surface area contributed by atoms with E-state index in [1.807, 2.05) is 0 Å². The van der Waals surface area contributed by atoms with Crippen molar-refractivity contribution in [1.82, 2.24) is 5.32 Å². The molecule has 92 valence electrons. The molecule has 1 aliphatic rings. The van der Waals surface area contributed by atoms with E-state index in [-0.39, 0.29) is 5.91 Å². The lowest BCUT2D eigenvalue weighted by molar-refractivity contribution is 0.0952. The molecule has 0 bridgehead atoms. The Labute approximate surface area is 114 Å². The van der Waals surface area contributed by atoms with Gasteiger partial charge in [-0.1, -0.05) is 22.6 Å². The zero-order valence-electron chi connectivity index (χ0n) is 9.37. The van der Waals surface area contributed by atoms with Gasteiger partial charge in [0, 0.05) is 16.5 Å². The number of amides is 1. The minimum atomic E-state index is -0.0631. The first-order valence-corrected chi connectivity index (χ1v) is 7.07. The minimum absolute atomic E-state index is 0.0631. The molecule has 0 aliphatic carbocycles. The van der Waals surface area contributed by atoms with Crippen molar-refractivity contribution in [2.75, 3.05) is 24.2 Å². The zero-order valence-corrected chi connectivity index (χ0v) is 11.5. The molecule has 1 amide bonds. The highest BCUT2D eigenvalue weighted by atomic mass is 127. The normalized spacial score (nSPS) is 13.2. The predicted octanol–water partition coefficient (Wildman–Crippen LogP) is 2.01. The van der Waals surface area contributed by atoms with Crippen LogP contribution in [0.1, 0.15) is 16.8 Å². The molecular formula is C12H14INO3. The number of hydrogen-bond acceptors (Lipinski definition) is 3. The van der Waals surface area contributed by atoms with Crippen LogP contribution in [0.2, 0.25) is 0 Å². The molecule has 2 rings (SSSR count). The first kappa shape index (κ1) is 12.5. The summed E-state index contributed by atoms with van der Waals surface area (Å²) < 4.78 is 11.9. The Hall–Kier alpha value is -0.980. The van der Waals surface area contributed by atoms with E-state index >= 15 is 0 Å². The fraction of sp³-hybridized carbons (Fsp3) is 0.417. The monoisotopic (exact) mass is 347 g/mol. The smallest absolute Gasteiger partial charge is 0.251 e. The van der Waals surface area contributed by atoms with Crippen LogP contribution in [0.3, 0.4) is 0 Å². The second-order valence-corrected chi connectivity index (χ2v) is 4.74. The molecular weight excluding hydrogens is 333 g/mol. The highest BCUT2D eigenvalue weighted by Crippen LogP contribution is 2.30. The van der Waals surface area contributed by atoms with Gasteiger partial charge in [0.05, 0.1) is 0 Å². The summed E-state index contributed by atoms with van der Waals surface area (Å²) in [5.74, 6) is 1.30. The van der Waals surface area contributed by atoms with Gasteiger partial charge in [-0.2, -0.15) is 0 Å². The highest BCUT2D eigenvalue weighted by Gasteiger charge is 2.14. The van der Waals surface area contributed by atoms with Gasteiger partial charge in [-0.3, -0.25) is 4.79 Å². The first-order chi connectivity index (χ1) is 8.31. The Bertz CT molecular complexity index is 409. The Morgan fingerprint density at radius 2 is 2.06 bits per heavy atom. The van der Waals surface area contributed by atoms with Crippen LogP contribution in [0.4, 0.5) is 0 Å². The number of hydrogen-bond donors (Lipinski definition) is 1. The lowest BCUT2D eigenvalue weighted by Gasteiger charge is -2.18. The largest absolute Gasteiger partial charge is 0.486 e. The summed E-state index contributed by atoms with van der Waals surface area (Å²) >= 11 is 2.29. The Morgan fingerprint density at radius 3 is 2.82 bits per heavy atom. The summed E-state index contributed by atoms with van der Waals surface area (Å²) in [5, 5.41) is 2.87. The summed E-state index contributed by atoms with van der Waals surface area (Å²) in [6.45, 7) is 1.80. The van der Waals surface area contributed by atoms with Gasteiger partial charge in [-0.15, -0.1) is 0 Å². The van der Waals surface area contributed by atoms with E-state index in [2.05, 4.69) is 27.9 Å². The molecule has 0 fully saturated rings. The Kier molecular flexibility index (Phi) is 4.47. The maximum atomic E-state index is 11.8. The van der Waals surface area contributed by atoms with Gasteiger partial charge in [0.25, 0.3) is 5.91 Å². The quantitative estimate of drug-likeness (QED) is 0.515. The van der Waals surface area contributed by atoms with Crippen molar-refractivity contribution >= 4 is 28.5 Å². The van der Waals surface area contributed by atoms with E-state index in [0.29, 0.717) is 36.8 Å². The summed E-state index contributed by atoms with van der Waals surface area (Å²) in [5.41, 5.74) is 0.614. The third kappa shape index (κ3) is 3.24. The Morgan fingerprint density at radius 1 is 1.29 bits per heavy atom. The third-order valence-corrected chi connectivity index (χ3v) is 3.16. The molecule has 0 atom stereocenters. The van der Waals surface area contributed by atoms with Gasteiger partial charge >= 0.3 is 0 Å². The average Bonchev–Trinajstić information content (AvgIpc) is 2.38. The van der Waals surface area contributed by atoms with E-state index in [0.717, 1.165) is 10.8 Å². The lowest BCUT2D eigenvalue weighted by Crippen LogP contribution is -2.25. The lowest BCUT2D eigenvalue weighted by atomic mass is 10.2. The van der Waals surface area contributed by atoms with E-state index in [9.17, 15) is 4.79 Å². The molecule has 1 heterocycles. The summed E-state index contributed by atoms with van der Waals surface area (Å²) in [6.07, 6.45) is 0.983. The van der Waals surface area contributed by atoms with Crippen LogP contribution in [0.25, 0.3) is 0 Å². The maximum Gasteiger partial charge on any atom is 0.251 e. The van der Waals surface area contributed by atoms with Gasteiger partial charge < -0.3 is 14.8 Å². The minimum Gasteiger partial charge on any atom is -0.486 e. The molecule has 0 unspecified atom stereocenters. The van der Waals surface area contributed by atoms with Crippen molar-refractivity contribution in [2.24, 2.45) is 0 Å². The van der Waals surface area contributed by atoms with Gasteiger partial charge in [-0.25, -0.2) is 0 Å². The van der Waals surface area contributed by atoms with E-state index in [1.165, 1.54) is 0 Å². The van der Waals surface area contributed by atoms with E-state index < -0.39 is 0 Å². The summed E-state index contributed by atoms with van der Waals surface area (Å²) in [6, 6.07) is 5.27. The van der Waals surface area contributed by atoms with Crippen molar-refractivity contribution in [3.05, 3.63) is 23.8 Å².